The zero-order valence-corrected chi connectivity index (χ0v) is 11.9. The van der Waals surface area contributed by atoms with Gasteiger partial charge in [-0.05, 0) is 29.8 Å². The number of carbonyl (C=O) groups is 1. The molecule has 0 fully saturated rings. The van der Waals surface area contributed by atoms with Gasteiger partial charge in [0, 0.05) is 5.02 Å². The number of hydrogen-bond acceptors (Lipinski definition) is 4. The van der Waals surface area contributed by atoms with Crippen molar-refractivity contribution in [2.75, 3.05) is 5.32 Å². The predicted molar refractivity (Wildman–Crippen MR) is 81.2 cm³/mol. The summed E-state index contributed by atoms with van der Waals surface area (Å²) < 4.78 is 8.33. The summed E-state index contributed by atoms with van der Waals surface area (Å²) in [6.45, 7) is 0. The fraction of sp³-hybridized carbons (Fsp3) is 0.0714. The highest BCUT2D eigenvalue weighted by molar-refractivity contribution is 7.00. The number of rotatable bonds is 3. The molecule has 2 aromatic carbocycles. The number of nitrogens with zero attached hydrogens (tertiary/aromatic N) is 2. The first-order valence-electron chi connectivity index (χ1n) is 5.98. The zero-order valence-electron chi connectivity index (χ0n) is 10.3. The molecule has 4 nitrogen and oxygen atoms in total. The first-order chi connectivity index (χ1) is 9.72. The number of carbonyl (C=O) groups excluding carboxylic acids is 1. The monoisotopic (exact) mass is 303 g/mol. The van der Waals surface area contributed by atoms with Crippen molar-refractivity contribution in [1.82, 2.24) is 8.75 Å². The number of hydrogen-bond donors (Lipinski definition) is 1. The van der Waals surface area contributed by atoms with Gasteiger partial charge >= 0.3 is 0 Å². The van der Waals surface area contributed by atoms with Crippen LogP contribution in [-0.4, -0.2) is 14.7 Å². The molecular formula is C14H10ClN3OS. The summed E-state index contributed by atoms with van der Waals surface area (Å²) in [4.78, 5) is 12.0. The van der Waals surface area contributed by atoms with Crippen LogP contribution in [0, 0.1) is 0 Å². The lowest BCUT2D eigenvalue weighted by molar-refractivity contribution is -0.115. The number of benzene rings is 2. The molecule has 0 unspecified atom stereocenters. The molecule has 6 heteroatoms. The van der Waals surface area contributed by atoms with Crippen LogP contribution in [0.15, 0.2) is 42.5 Å². The average molecular weight is 304 g/mol. The standard InChI is InChI=1S/C14H10ClN3OS/c15-10-6-4-9(5-7-10)8-13(19)16-11-2-1-3-12-14(11)18-20-17-12/h1-7H,8H2,(H,16,19). The van der Waals surface area contributed by atoms with Crippen LogP contribution in [0.4, 0.5) is 5.69 Å². The largest absolute Gasteiger partial charge is 0.324 e. The van der Waals surface area contributed by atoms with Crippen LogP contribution < -0.4 is 5.32 Å². The van der Waals surface area contributed by atoms with Crippen molar-refractivity contribution in [3.63, 3.8) is 0 Å². The van der Waals surface area contributed by atoms with E-state index in [2.05, 4.69) is 14.1 Å². The molecule has 1 aromatic heterocycles. The maximum Gasteiger partial charge on any atom is 0.228 e. The van der Waals surface area contributed by atoms with E-state index >= 15 is 0 Å². The number of anilines is 1. The van der Waals surface area contributed by atoms with E-state index in [0.717, 1.165) is 28.3 Å². The van der Waals surface area contributed by atoms with Crippen molar-refractivity contribution in [2.24, 2.45) is 0 Å². The van der Waals surface area contributed by atoms with Crippen LogP contribution in [0.3, 0.4) is 0 Å². The average Bonchev–Trinajstić information content (AvgIpc) is 2.91. The van der Waals surface area contributed by atoms with Gasteiger partial charge in [0.25, 0.3) is 0 Å². The Hall–Kier alpha value is -1.98. The van der Waals surface area contributed by atoms with Crippen molar-refractivity contribution in [3.05, 3.63) is 53.1 Å². The fourth-order valence-electron chi connectivity index (χ4n) is 1.89. The van der Waals surface area contributed by atoms with Crippen molar-refractivity contribution in [1.29, 1.82) is 0 Å². The summed E-state index contributed by atoms with van der Waals surface area (Å²) in [5.74, 6) is -0.0900. The molecule has 0 saturated heterocycles. The lowest BCUT2D eigenvalue weighted by atomic mass is 10.1. The maximum atomic E-state index is 12.0. The molecule has 0 aliphatic heterocycles. The first-order valence-corrected chi connectivity index (χ1v) is 7.09. The van der Waals surface area contributed by atoms with E-state index in [1.165, 1.54) is 0 Å². The summed E-state index contributed by atoms with van der Waals surface area (Å²) >= 11 is 6.95. The second-order valence-corrected chi connectivity index (χ2v) is 5.25. The molecule has 0 atom stereocenters. The third-order valence-corrected chi connectivity index (χ3v) is 3.63. The van der Waals surface area contributed by atoms with Crippen LogP contribution in [0.25, 0.3) is 11.0 Å². The quantitative estimate of drug-likeness (QED) is 0.805. The van der Waals surface area contributed by atoms with E-state index in [4.69, 9.17) is 11.6 Å². The molecule has 3 aromatic rings. The summed E-state index contributed by atoms with van der Waals surface area (Å²) in [6.07, 6.45) is 0.297. The Morgan fingerprint density at radius 3 is 2.75 bits per heavy atom. The first kappa shape index (κ1) is 13.0. The van der Waals surface area contributed by atoms with Gasteiger partial charge in [-0.15, -0.1) is 0 Å². The zero-order chi connectivity index (χ0) is 13.9. The van der Waals surface area contributed by atoms with Crippen molar-refractivity contribution < 1.29 is 4.79 Å². The summed E-state index contributed by atoms with van der Waals surface area (Å²) in [5.41, 5.74) is 3.12. The summed E-state index contributed by atoms with van der Waals surface area (Å²) in [7, 11) is 0. The van der Waals surface area contributed by atoms with Crippen molar-refractivity contribution in [3.8, 4) is 0 Å². The van der Waals surface area contributed by atoms with Gasteiger partial charge in [-0.25, -0.2) is 0 Å². The number of aromatic nitrogens is 2. The molecule has 1 heterocycles. The van der Waals surface area contributed by atoms with Gasteiger partial charge in [0.05, 0.1) is 23.8 Å². The highest BCUT2D eigenvalue weighted by Gasteiger charge is 2.09. The molecule has 1 amide bonds. The van der Waals surface area contributed by atoms with Gasteiger partial charge in [0.1, 0.15) is 11.0 Å². The highest BCUT2D eigenvalue weighted by atomic mass is 35.5. The van der Waals surface area contributed by atoms with Crippen molar-refractivity contribution in [2.45, 2.75) is 6.42 Å². The Morgan fingerprint density at radius 2 is 1.95 bits per heavy atom. The van der Waals surface area contributed by atoms with Gasteiger partial charge < -0.3 is 5.32 Å². The third kappa shape index (κ3) is 2.79. The second-order valence-electron chi connectivity index (χ2n) is 4.29. The highest BCUT2D eigenvalue weighted by Crippen LogP contribution is 2.21. The van der Waals surface area contributed by atoms with Crippen LogP contribution in [-0.2, 0) is 11.2 Å². The van der Waals surface area contributed by atoms with E-state index in [1.807, 2.05) is 30.3 Å². The molecule has 0 aliphatic rings. The molecule has 0 radical (unpaired) electrons. The van der Waals surface area contributed by atoms with Gasteiger partial charge in [0.15, 0.2) is 0 Å². The Labute approximate surface area is 124 Å². The van der Waals surface area contributed by atoms with Gasteiger partial charge in [-0.2, -0.15) is 8.75 Å². The molecule has 0 aliphatic carbocycles. The minimum atomic E-state index is -0.0900. The summed E-state index contributed by atoms with van der Waals surface area (Å²) in [6, 6.07) is 12.8. The van der Waals surface area contributed by atoms with Crippen molar-refractivity contribution >= 4 is 46.0 Å². The molecule has 3 rings (SSSR count). The molecule has 0 spiro atoms. The minimum Gasteiger partial charge on any atom is -0.324 e. The smallest absolute Gasteiger partial charge is 0.228 e. The Kier molecular flexibility index (Phi) is 3.62. The van der Waals surface area contributed by atoms with E-state index in [0.29, 0.717) is 17.1 Å². The fourth-order valence-corrected chi connectivity index (χ4v) is 2.56. The van der Waals surface area contributed by atoms with Crippen LogP contribution in [0.1, 0.15) is 5.56 Å². The Balaban J connectivity index is 1.76. The molecule has 20 heavy (non-hydrogen) atoms. The van der Waals surface area contributed by atoms with E-state index < -0.39 is 0 Å². The van der Waals surface area contributed by atoms with Gasteiger partial charge in [-0.1, -0.05) is 29.8 Å². The lowest BCUT2D eigenvalue weighted by Crippen LogP contribution is -2.14. The maximum absolute atomic E-state index is 12.0. The number of fused-ring (bicyclic) bond motifs is 1. The number of halogens is 1. The Morgan fingerprint density at radius 1 is 1.15 bits per heavy atom. The SMILES string of the molecule is O=C(Cc1ccc(Cl)cc1)Nc1cccc2nsnc12. The third-order valence-electron chi connectivity index (χ3n) is 2.84. The predicted octanol–water partition coefficient (Wildman–Crippen LogP) is 3.53. The lowest BCUT2D eigenvalue weighted by Gasteiger charge is -2.05. The topological polar surface area (TPSA) is 54.9 Å². The number of nitrogens with one attached hydrogen (secondary N) is 1. The normalized spacial score (nSPS) is 10.7. The van der Waals surface area contributed by atoms with Gasteiger partial charge in [-0.3, -0.25) is 4.79 Å². The van der Waals surface area contributed by atoms with Gasteiger partial charge in [0.2, 0.25) is 5.91 Å². The molecule has 0 bridgehead atoms. The minimum absolute atomic E-state index is 0.0900. The molecule has 100 valence electrons. The van der Waals surface area contributed by atoms with Crippen LogP contribution in [0.5, 0.6) is 0 Å². The molecular weight excluding hydrogens is 294 g/mol. The van der Waals surface area contributed by atoms with Crippen LogP contribution >= 0.6 is 23.3 Å². The van der Waals surface area contributed by atoms with E-state index in [-0.39, 0.29) is 5.91 Å². The van der Waals surface area contributed by atoms with E-state index in [1.54, 1.807) is 12.1 Å². The van der Waals surface area contributed by atoms with Crippen LogP contribution in [0.2, 0.25) is 5.02 Å². The van der Waals surface area contributed by atoms with E-state index in [9.17, 15) is 4.79 Å². The summed E-state index contributed by atoms with van der Waals surface area (Å²) in [5, 5.41) is 3.53. The second kappa shape index (κ2) is 5.56. The molecule has 0 saturated carbocycles. The Bertz CT molecular complexity index is 754. The number of amides is 1. The molecule has 1 N–H and O–H groups in total.